The Kier molecular flexibility index (Phi) is 4.09. The predicted octanol–water partition coefficient (Wildman–Crippen LogP) is 1.76. The maximum absolute atomic E-state index is 11.0. The zero-order chi connectivity index (χ0) is 11.3. The van der Waals surface area contributed by atoms with E-state index in [1.54, 1.807) is 18.5 Å². The lowest BCUT2D eigenvalue weighted by Crippen LogP contribution is -2.28. The first-order valence-electron chi connectivity index (χ1n) is 5.12. The van der Waals surface area contributed by atoms with Crippen LogP contribution in [0.1, 0.15) is 20.8 Å². The van der Waals surface area contributed by atoms with Gasteiger partial charge in [-0.15, -0.1) is 0 Å². The summed E-state index contributed by atoms with van der Waals surface area (Å²) in [5, 5.41) is 0. The molecule has 0 fully saturated rings. The second-order valence-electron chi connectivity index (χ2n) is 3.57. The van der Waals surface area contributed by atoms with E-state index in [2.05, 4.69) is 35.6 Å². The van der Waals surface area contributed by atoms with Crippen molar-refractivity contribution >= 4 is 12.2 Å². The standard InChI is InChI=1S/C11H17N3O/c1-4-14(9(2)3)8-12-10-6-5-7-11(15)13-10/h5-9H,4H2,1-3H3,(H,13,15)/b12-8+. The molecule has 0 unspecified atom stereocenters. The van der Waals surface area contributed by atoms with Gasteiger partial charge in [0.2, 0.25) is 5.56 Å². The van der Waals surface area contributed by atoms with Crippen molar-refractivity contribution in [3.05, 3.63) is 28.6 Å². The molecule has 0 aromatic carbocycles. The van der Waals surface area contributed by atoms with Crippen molar-refractivity contribution in [2.75, 3.05) is 6.54 Å². The molecule has 0 aliphatic heterocycles. The Bertz CT molecular complexity index is 381. The average Bonchev–Trinajstić information content (AvgIpc) is 2.18. The highest BCUT2D eigenvalue weighted by Gasteiger charge is 2.00. The molecule has 0 amide bonds. The Hall–Kier alpha value is -1.58. The van der Waals surface area contributed by atoms with Crippen molar-refractivity contribution < 1.29 is 0 Å². The van der Waals surface area contributed by atoms with E-state index < -0.39 is 0 Å². The van der Waals surface area contributed by atoms with Crippen LogP contribution < -0.4 is 5.56 Å². The quantitative estimate of drug-likeness (QED) is 0.604. The summed E-state index contributed by atoms with van der Waals surface area (Å²) in [5.74, 6) is 0.585. The lowest BCUT2D eigenvalue weighted by molar-refractivity contribution is 0.378. The third kappa shape index (κ3) is 3.58. The van der Waals surface area contributed by atoms with Gasteiger partial charge in [-0.25, -0.2) is 4.99 Å². The van der Waals surface area contributed by atoms with Crippen LogP contribution in [-0.2, 0) is 0 Å². The van der Waals surface area contributed by atoms with Gasteiger partial charge >= 0.3 is 0 Å². The van der Waals surface area contributed by atoms with Crippen LogP contribution in [0.4, 0.5) is 5.82 Å². The van der Waals surface area contributed by atoms with Gasteiger partial charge in [-0.3, -0.25) is 4.79 Å². The van der Waals surface area contributed by atoms with Crippen molar-refractivity contribution in [1.29, 1.82) is 0 Å². The van der Waals surface area contributed by atoms with Gasteiger partial charge in [-0.1, -0.05) is 6.07 Å². The molecule has 1 aromatic heterocycles. The Labute approximate surface area is 89.7 Å². The molecule has 0 saturated carbocycles. The number of hydrogen-bond donors (Lipinski definition) is 1. The second kappa shape index (κ2) is 5.34. The molecule has 1 heterocycles. The maximum atomic E-state index is 11.0. The largest absolute Gasteiger partial charge is 0.360 e. The molecule has 0 aliphatic rings. The van der Waals surface area contributed by atoms with Gasteiger partial charge in [0.1, 0.15) is 5.82 Å². The summed E-state index contributed by atoms with van der Waals surface area (Å²) in [4.78, 5) is 19.9. The minimum absolute atomic E-state index is 0.128. The zero-order valence-electron chi connectivity index (χ0n) is 9.40. The van der Waals surface area contributed by atoms with Crippen LogP contribution in [0.25, 0.3) is 0 Å². The van der Waals surface area contributed by atoms with Crippen LogP contribution in [-0.4, -0.2) is 28.8 Å². The van der Waals surface area contributed by atoms with Gasteiger partial charge in [0, 0.05) is 18.7 Å². The molecule has 4 heteroatoms. The summed E-state index contributed by atoms with van der Waals surface area (Å²) in [5.41, 5.74) is -0.128. The van der Waals surface area contributed by atoms with E-state index in [9.17, 15) is 4.79 Å². The van der Waals surface area contributed by atoms with Crippen LogP contribution >= 0.6 is 0 Å². The molecule has 1 N–H and O–H groups in total. The number of aromatic nitrogens is 1. The third-order valence-electron chi connectivity index (χ3n) is 2.13. The summed E-state index contributed by atoms with van der Waals surface area (Å²) in [6.07, 6.45) is 1.76. The fourth-order valence-electron chi connectivity index (χ4n) is 1.23. The summed E-state index contributed by atoms with van der Waals surface area (Å²) >= 11 is 0. The van der Waals surface area contributed by atoms with Crippen LogP contribution in [0.2, 0.25) is 0 Å². The first-order valence-corrected chi connectivity index (χ1v) is 5.12. The van der Waals surface area contributed by atoms with E-state index >= 15 is 0 Å². The normalized spacial score (nSPS) is 11.2. The SMILES string of the molecule is CCN(/C=N/c1cccc(=O)[nH]1)C(C)C. The zero-order valence-corrected chi connectivity index (χ0v) is 9.40. The number of H-pyrrole nitrogens is 1. The van der Waals surface area contributed by atoms with E-state index in [-0.39, 0.29) is 5.56 Å². The fourth-order valence-corrected chi connectivity index (χ4v) is 1.23. The predicted molar refractivity (Wildman–Crippen MR) is 62.7 cm³/mol. The topological polar surface area (TPSA) is 48.5 Å². The van der Waals surface area contributed by atoms with E-state index in [0.717, 1.165) is 6.54 Å². The van der Waals surface area contributed by atoms with E-state index in [1.807, 2.05) is 0 Å². The fraction of sp³-hybridized carbons (Fsp3) is 0.455. The molecule has 82 valence electrons. The number of nitrogens with zero attached hydrogens (tertiary/aromatic N) is 2. The molecule has 0 bridgehead atoms. The highest BCUT2D eigenvalue weighted by atomic mass is 16.1. The van der Waals surface area contributed by atoms with Gasteiger partial charge in [0.25, 0.3) is 0 Å². The van der Waals surface area contributed by atoms with Crippen LogP contribution in [0, 0.1) is 0 Å². The molecule has 0 atom stereocenters. The Morgan fingerprint density at radius 2 is 2.27 bits per heavy atom. The molecule has 0 aliphatic carbocycles. The Morgan fingerprint density at radius 3 is 2.80 bits per heavy atom. The van der Waals surface area contributed by atoms with Crippen molar-refractivity contribution in [2.24, 2.45) is 4.99 Å². The molecule has 1 aromatic rings. The number of nitrogens with one attached hydrogen (secondary N) is 1. The van der Waals surface area contributed by atoms with Crippen LogP contribution in [0.15, 0.2) is 28.0 Å². The molecular formula is C11H17N3O. The minimum atomic E-state index is -0.128. The summed E-state index contributed by atoms with van der Waals surface area (Å²) < 4.78 is 0. The number of aromatic amines is 1. The highest BCUT2D eigenvalue weighted by Crippen LogP contribution is 2.03. The van der Waals surface area contributed by atoms with Crippen molar-refractivity contribution in [2.45, 2.75) is 26.8 Å². The molecular weight excluding hydrogens is 190 g/mol. The Balaban J connectivity index is 2.76. The molecule has 0 spiro atoms. The third-order valence-corrected chi connectivity index (χ3v) is 2.13. The van der Waals surface area contributed by atoms with Crippen molar-refractivity contribution in [1.82, 2.24) is 9.88 Å². The van der Waals surface area contributed by atoms with Crippen LogP contribution in [0.5, 0.6) is 0 Å². The Morgan fingerprint density at radius 1 is 1.53 bits per heavy atom. The lowest BCUT2D eigenvalue weighted by atomic mass is 10.3. The first-order chi connectivity index (χ1) is 7.13. The van der Waals surface area contributed by atoms with E-state index in [4.69, 9.17) is 0 Å². The summed E-state index contributed by atoms with van der Waals surface area (Å²) in [6.45, 7) is 7.17. The first kappa shape index (κ1) is 11.5. The van der Waals surface area contributed by atoms with E-state index in [0.29, 0.717) is 11.9 Å². The number of hydrogen-bond acceptors (Lipinski definition) is 2. The van der Waals surface area contributed by atoms with Crippen molar-refractivity contribution in [3.63, 3.8) is 0 Å². The van der Waals surface area contributed by atoms with Gasteiger partial charge in [-0.05, 0) is 26.8 Å². The minimum Gasteiger partial charge on any atom is -0.360 e. The molecule has 0 radical (unpaired) electrons. The summed E-state index contributed by atoms with van der Waals surface area (Å²) in [6, 6.07) is 5.34. The second-order valence-corrected chi connectivity index (χ2v) is 3.57. The van der Waals surface area contributed by atoms with Gasteiger partial charge in [0.05, 0.1) is 6.34 Å². The highest BCUT2D eigenvalue weighted by molar-refractivity contribution is 5.59. The number of aliphatic imine (C=N–C) groups is 1. The van der Waals surface area contributed by atoms with Gasteiger partial charge in [0.15, 0.2) is 0 Å². The van der Waals surface area contributed by atoms with Gasteiger partial charge < -0.3 is 9.88 Å². The summed E-state index contributed by atoms with van der Waals surface area (Å²) in [7, 11) is 0. The molecule has 15 heavy (non-hydrogen) atoms. The smallest absolute Gasteiger partial charge is 0.249 e. The lowest BCUT2D eigenvalue weighted by Gasteiger charge is -2.21. The van der Waals surface area contributed by atoms with Crippen molar-refractivity contribution in [3.8, 4) is 0 Å². The molecule has 4 nitrogen and oxygen atoms in total. The maximum Gasteiger partial charge on any atom is 0.249 e. The number of pyridine rings is 1. The molecule has 1 rings (SSSR count). The van der Waals surface area contributed by atoms with Gasteiger partial charge in [-0.2, -0.15) is 0 Å². The van der Waals surface area contributed by atoms with E-state index in [1.165, 1.54) is 6.07 Å². The van der Waals surface area contributed by atoms with Crippen LogP contribution in [0.3, 0.4) is 0 Å². The molecule has 0 saturated heterocycles. The monoisotopic (exact) mass is 207 g/mol. The number of rotatable bonds is 4. The average molecular weight is 207 g/mol.